The van der Waals surface area contributed by atoms with E-state index in [2.05, 4.69) is 31.3 Å². The number of nitrogens with one attached hydrogen (secondary N) is 1. The standard InChI is InChI=1S/C16H22N2/c1-12-4-5-15(13(10-12)11-17)18-14-6-8-16(2,3)9-7-14/h4-5,10,14,18H,6-9H2,1-3H3. The van der Waals surface area contributed by atoms with Crippen LogP contribution in [0.1, 0.15) is 50.7 Å². The van der Waals surface area contributed by atoms with Crippen molar-refractivity contribution in [3.63, 3.8) is 0 Å². The molecule has 0 heterocycles. The summed E-state index contributed by atoms with van der Waals surface area (Å²) in [5.41, 5.74) is 3.39. The van der Waals surface area contributed by atoms with Gasteiger partial charge in [0.1, 0.15) is 6.07 Å². The minimum absolute atomic E-state index is 0.490. The molecule has 0 radical (unpaired) electrons. The summed E-state index contributed by atoms with van der Waals surface area (Å²) in [7, 11) is 0. The molecule has 96 valence electrons. The molecule has 0 unspecified atom stereocenters. The zero-order valence-electron chi connectivity index (χ0n) is 11.6. The van der Waals surface area contributed by atoms with E-state index in [0.717, 1.165) is 16.8 Å². The van der Waals surface area contributed by atoms with Gasteiger partial charge in [-0.05, 0) is 55.7 Å². The Bertz CT molecular complexity index is 458. The monoisotopic (exact) mass is 242 g/mol. The highest BCUT2D eigenvalue weighted by Gasteiger charge is 2.26. The van der Waals surface area contributed by atoms with Crippen LogP contribution in [-0.2, 0) is 0 Å². The van der Waals surface area contributed by atoms with Gasteiger partial charge in [0, 0.05) is 6.04 Å². The Balaban J connectivity index is 2.05. The van der Waals surface area contributed by atoms with E-state index in [1.165, 1.54) is 25.7 Å². The first kappa shape index (κ1) is 13.0. The van der Waals surface area contributed by atoms with Crippen LogP contribution in [0, 0.1) is 23.7 Å². The molecule has 1 aliphatic rings. The van der Waals surface area contributed by atoms with E-state index in [1.54, 1.807) is 0 Å². The summed E-state index contributed by atoms with van der Waals surface area (Å²) in [6.45, 7) is 6.71. The van der Waals surface area contributed by atoms with E-state index >= 15 is 0 Å². The Labute approximate surface area is 110 Å². The van der Waals surface area contributed by atoms with E-state index in [9.17, 15) is 0 Å². The van der Waals surface area contributed by atoms with Crippen LogP contribution >= 0.6 is 0 Å². The van der Waals surface area contributed by atoms with Crippen molar-refractivity contribution in [2.45, 2.75) is 52.5 Å². The van der Waals surface area contributed by atoms with Gasteiger partial charge in [-0.1, -0.05) is 19.9 Å². The minimum atomic E-state index is 0.490. The van der Waals surface area contributed by atoms with Crippen molar-refractivity contribution in [3.8, 4) is 6.07 Å². The van der Waals surface area contributed by atoms with Crippen molar-refractivity contribution >= 4 is 5.69 Å². The highest BCUT2D eigenvalue weighted by molar-refractivity contribution is 5.59. The molecule has 0 atom stereocenters. The van der Waals surface area contributed by atoms with Crippen LogP contribution in [-0.4, -0.2) is 6.04 Å². The lowest BCUT2D eigenvalue weighted by Gasteiger charge is -2.35. The number of hydrogen-bond acceptors (Lipinski definition) is 2. The molecule has 1 saturated carbocycles. The molecule has 1 aromatic rings. The fourth-order valence-corrected chi connectivity index (χ4v) is 2.64. The highest BCUT2D eigenvalue weighted by Crippen LogP contribution is 2.36. The third kappa shape index (κ3) is 3.04. The summed E-state index contributed by atoms with van der Waals surface area (Å²) in [6, 6.07) is 8.86. The largest absolute Gasteiger partial charge is 0.381 e. The third-order valence-corrected chi connectivity index (χ3v) is 3.99. The van der Waals surface area contributed by atoms with E-state index < -0.39 is 0 Å². The van der Waals surface area contributed by atoms with Crippen molar-refractivity contribution < 1.29 is 0 Å². The molecule has 0 spiro atoms. The molecule has 0 amide bonds. The van der Waals surface area contributed by atoms with Gasteiger partial charge in [-0.3, -0.25) is 0 Å². The number of rotatable bonds is 2. The first-order chi connectivity index (χ1) is 8.50. The Morgan fingerprint density at radius 2 is 1.94 bits per heavy atom. The maximum Gasteiger partial charge on any atom is 0.101 e. The molecule has 2 rings (SSSR count). The van der Waals surface area contributed by atoms with Gasteiger partial charge in [-0.2, -0.15) is 5.26 Å². The Hall–Kier alpha value is -1.49. The molecule has 0 saturated heterocycles. The summed E-state index contributed by atoms with van der Waals surface area (Å²) in [4.78, 5) is 0. The SMILES string of the molecule is Cc1ccc(NC2CCC(C)(C)CC2)c(C#N)c1. The molecule has 0 aliphatic heterocycles. The van der Waals surface area contributed by atoms with Crippen molar-refractivity contribution in [2.24, 2.45) is 5.41 Å². The van der Waals surface area contributed by atoms with Gasteiger partial charge < -0.3 is 5.32 Å². The second kappa shape index (κ2) is 5.02. The van der Waals surface area contributed by atoms with Gasteiger partial charge in [0.15, 0.2) is 0 Å². The van der Waals surface area contributed by atoms with Gasteiger partial charge in [-0.15, -0.1) is 0 Å². The van der Waals surface area contributed by atoms with Crippen molar-refractivity contribution in [1.82, 2.24) is 0 Å². The molecule has 1 N–H and O–H groups in total. The topological polar surface area (TPSA) is 35.8 Å². The van der Waals surface area contributed by atoms with Crippen LogP contribution in [0.4, 0.5) is 5.69 Å². The number of nitriles is 1. The van der Waals surface area contributed by atoms with Crippen LogP contribution < -0.4 is 5.32 Å². The molecular weight excluding hydrogens is 220 g/mol. The molecular formula is C16H22N2. The summed E-state index contributed by atoms with van der Waals surface area (Å²) in [6.07, 6.45) is 4.92. The zero-order chi connectivity index (χ0) is 13.2. The smallest absolute Gasteiger partial charge is 0.101 e. The number of hydrogen-bond donors (Lipinski definition) is 1. The van der Waals surface area contributed by atoms with Crippen molar-refractivity contribution in [3.05, 3.63) is 29.3 Å². The van der Waals surface area contributed by atoms with Crippen molar-refractivity contribution in [1.29, 1.82) is 5.26 Å². The Morgan fingerprint density at radius 3 is 2.56 bits per heavy atom. The molecule has 1 fully saturated rings. The number of aryl methyl sites for hydroxylation is 1. The molecule has 18 heavy (non-hydrogen) atoms. The van der Waals surface area contributed by atoms with Crippen molar-refractivity contribution in [2.75, 3.05) is 5.32 Å². The zero-order valence-corrected chi connectivity index (χ0v) is 11.6. The highest BCUT2D eigenvalue weighted by atomic mass is 14.9. The fourth-order valence-electron chi connectivity index (χ4n) is 2.64. The second-order valence-electron chi connectivity index (χ2n) is 6.24. The van der Waals surface area contributed by atoms with E-state index in [-0.39, 0.29) is 0 Å². The summed E-state index contributed by atoms with van der Waals surface area (Å²) < 4.78 is 0. The van der Waals surface area contributed by atoms with Crippen LogP contribution in [0.3, 0.4) is 0 Å². The fraction of sp³-hybridized carbons (Fsp3) is 0.562. The van der Waals surface area contributed by atoms with E-state index in [4.69, 9.17) is 5.26 Å². The van der Waals surface area contributed by atoms with E-state index in [1.807, 2.05) is 19.1 Å². The first-order valence-corrected chi connectivity index (χ1v) is 6.77. The summed E-state index contributed by atoms with van der Waals surface area (Å²) >= 11 is 0. The Kier molecular flexibility index (Phi) is 3.61. The van der Waals surface area contributed by atoms with Gasteiger partial charge >= 0.3 is 0 Å². The number of anilines is 1. The predicted molar refractivity (Wildman–Crippen MR) is 75.6 cm³/mol. The third-order valence-electron chi connectivity index (χ3n) is 3.99. The van der Waals surface area contributed by atoms with Gasteiger partial charge in [-0.25, -0.2) is 0 Å². The summed E-state index contributed by atoms with van der Waals surface area (Å²) in [5.74, 6) is 0. The van der Waals surface area contributed by atoms with Crippen LogP contribution in [0.15, 0.2) is 18.2 Å². The van der Waals surface area contributed by atoms with Gasteiger partial charge in [0.05, 0.1) is 11.3 Å². The number of nitrogens with zero attached hydrogens (tertiary/aromatic N) is 1. The van der Waals surface area contributed by atoms with Gasteiger partial charge in [0.2, 0.25) is 0 Å². The normalized spacial score (nSPS) is 19.2. The molecule has 0 aromatic heterocycles. The predicted octanol–water partition coefficient (Wildman–Crippen LogP) is 4.25. The maximum atomic E-state index is 9.17. The van der Waals surface area contributed by atoms with Gasteiger partial charge in [0.25, 0.3) is 0 Å². The maximum absolute atomic E-state index is 9.17. The van der Waals surface area contributed by atoms with E-state index in [0.29, 0.717) is 11.5 Å². The lowest BCUT2D eigenvalue weighted by Crippen LogP contribution is -2.30. The summed E-state index contributed by atoms with van der Waals surface area (Å²) in [5, 5.41) is 12.7. The minimum Gasteiger partial charge on any atom is -0.381 e. The average molecular weight is 242 g/mol. The second-order valence-corrected chi connectivity index (χ2v) is 6.24. The van der Waals surface area contributed by atoms with Crippen LogP contribution in [0.2, 0.25) is 0 Å². The Morgan fingerprint density at radius 1 is 1.28 bits per heavy atom. The average Bonchev–Trinajstić information content (AvgIpc) is 2.34. The molecule has 0 bridgehead atoms. The molecule has 2 nitrogen and oxygen atoms in total. The van der Waals surface area contributed by atoms with Crippen LogP contribution in [0.5, 0.6) is 0 Å². The first-order valence-electron chi connectivity index (χ1n) is 6.77. The number of benzene rings is 1. The van der Waals surface area contributed by atoms with Crippen LogP contribution in [0.25, 0.3) is 0 Å². The quantitative estimate of drug-likeness (QED) is 0.841. The molecule has 2 heteroatoms. The molecule has 1 aliphatic carbocycles. The lowest BCUT2D eigenvalue weighted by atomic mass is 9.75. The lowest BCUT2D eigenvalue weighted by molar-refractivity contribution is 0.232. The molecule has 1 aromatic carbocycles.